The van der Waals surface area contributed by atoms with Crippen LogP contribution in [-0.2, 0) is 4.74 Å². The van der Waals surface area contributed by atoms with Gasteiger partial charge in [-0.2, -0.15) is 0 Å². The first-order valence-corrected chi connectivity index (χ1v) is 5.32. The van der Waals surface area contributed by atoms with E-state index in [1.54, 1.807) is 31.2 Å². The molecule has 0 N–H and O–H groups in total. The van der Waals surface area contributed by atoms with Crippen LogP contribution in [0.1, 0.15) is 16.4 Å². The van der Waals surface area contributed by atoms with E-state index in [0.717, 1.165) is 0 Å². The van der Waals surface area contributed by atoms with E-state index in [1.807, 2.05) is 0 Å². The van der Waals surface area contributed by atoms with Crippen molar-refractivity contribution in [3.8, 4) is 11.3 Å². The standard InChI is InChI=1S/C12H10ClNO3/c1-7-14-10(12(15)16-2)11(17-7)8-5-3-4-6-9(8)13/h3-6H,1-2H3. The number of hydrogen-bond donors (Lipinski definition) is 0. The van der Waals surface area contributed by atoms with Gasteiger partial charge in [0.2, 0.25) is 0 Å². The van der Waals surface area contributed by atoms with E-state index < -0.39 is 5.97 Å². The molecule has 0 bridgehead atoms. The minimum Gasteiger partial charge on any atom is -0.464 e. The summed E-state index contributed by atoms with van der Waals surface area (Å²) in [5, 5.41) is 0.494. The number of ether oxygens (including phenoxy) is 1. The lowest BCUT2D eigenvalue weighted by molar-refractivity contribution is 0.0595. The molecule has 0 aliphatic rings. The van der Waals surface area contributed by atoms with Gasteiger partial charge in [-0.15, -0.1) is 0 Å². The van der Waals surface area contributed by atoms with Crippen LogP contribution in [0.25, 0.3) is 11.3 Å². The molecule has 0 fully saturated rings. The predicted molar refractivity (Wildman–Crippen MR) is 63.0 cm³/mol. The van der Waals surface area contributed by atoms with Gasteiger partial charge in [-0.05, 0) is 12.1 Å². The van der Waals surface area contributed by atoms with Gasteiger partial charge >= 0.3 is 5.97 Å². The molecule has 0 spiro atoms. The summed E-state index contributed by atoms with van der Waals surface area (Å²) in [4.78, 5) is 15.5. The maximum atomic E-state index is 11.5. The molecule has 0 amide bonds. The predicted octanol–water partition coefficient (Wildman–Crippen LogP) is 3.09. The molecule has 17 heavy (non-hydrogen) atoms. The average Bonchev–Trinajstić information content (AvgIpc) is 2.71. The number of carbonyl (C=O) groups is 1. The number of methoxy groups -OCH3 is 1. The van der Waals surface area contributed by atoms with Gasteiger partial charge in [-0.1, -0.05) is 23.7 Å². The first-order chi connectivity index (χ1) is 8.13. The minimum absolute atomic E-state index is 0.137. The van der Waals surface area contributed by atoms with E-state index >= 15 is 0 Å². The molecule has 1 aromatic heterocycles. The quantitative estimate of drug-likeness (QED) is 0.770. The lowest BCUT2D eigenvalue weighted by atomic mass is 10.1. The summed E-state index contributed by atoms with van der Waals surface area (Å²) in [6.45, 7) is 1.66. The first-order valence-electron chi connectivity index (χ1n) is 4.94. The normalized spacial score (nSPS) is 10.3. The highest BCUT2D eigenvalue weighted by Gasteiger charge is 2.21. The smallest absolute Gasteiger partial charge is 0.360 e. The Balaban J connectivity index is 2.60. The van der Waals surface area contributed by atoms with Crippen molar-refractivity contribution < 1.29 is 13.9 Å². The van der Waals surface area contributed by atoms with Gasteiger partial charge in [0.15, 0.2) is 17.3 Å². The number of esters is 1. The molecule has 1 aromatic carbocycles. The second-order valence-corrected chi connectivity index (χ2v) is 3.79. The lowest BCUT2D eigenvalue weighted by Crippen LogP contribution is -2.03. The third kappa shape index (κ3) is 2.17. The van der Waals surface area contributed by atoms with E-state index in [0.29, 0.717) is 22.2 Å². The zero-order valence-electron chi connectivity index (χ0n) is 9.36. The molecule has 0 radical (unpaired) electrons. The van der Waals surface area contributed by atoms with Gasteiger partial charge in [0.25, 0.3) is 0 Å². The Hall–Kier alpha value is -1.81. The van der Waals surface area contributed by atoms with E-state index in [2.05, 4.69) is 9.72 Å². The number of oxazole rings is 1. The van der Waals surface area contributed by atoms with E-state index in [9.17, 15) is 4.79 Å². The molecule has 0 unspecified atom stereocenters. The van der Waals surface area contributed by atoms with E-state index in [4.69, 9.17) is 16.0 Å². The largest absolute Gasteiger partial charge is 0.464 e. The number of rotatable bonds is 2. The molecule has 0 aliphatic carbocycles. The Morgan fingerprint density at radius 1 is 1.41 bits per heavy atom. The highest BCUT2D eigenvalue weighted by atomic mass is 35.5. The third-order valence-corrected chi connectivity index (χ3v) is 2.56. The summed E-state index contributed by atoms with van der Waals surface area (Å²) in [6.07, 6.45) is 0. The zero-order valence-corrected chi connectivity index (χ0v) is 10.1. The van der Waals surface area contributed by atoms with Crippen LogP contribution in [0.4, 0.5) is 0 Å². The van der Waals surface area contributed by atoms with E-state index in [1.165, 1.54) is 7.11 Å². The number of aromatic nitrogens is 1. The summed E-state index contributed by atoms with van der Waals surface area (Å²) >= 11 is 6.05. The first kappa shape index (κ1) is 11.7. The van der Waals surface area contributed by atoms with Gasteiger partial charge in [0.05, 0.1) is 12.1 Å². The molecule has 0 atom stereocenters. The fraction of sp³-hybridized carbons (Fsp3) is 0.167. The van der Waals surface area contributed by atoms with Crippen molar-refractivity contribution in [1.82, 2.24) is 4.98 Å². The highest BCUT2D eigenvalue weighted by Crippen LogP contribution is 2.31. The molecular formula is C12H10ClNO3. The van der Waals surface area contributed by atoms with Crippen LogP contribution in [0.5, 0.6) is 0 Å². The SMILES string of the molecule is COC(=O)c1nc(C)oc1-c1ccccc1Cl. The summed E-state index contributed by atoms with van der Waals surface area (Å²) in [7, 11) is 1.29. The van der Waals surface area contributed by atoms with Crippen LogP contribution >= 0.6 is 11.6 Å². The van der Waals surface area contributed by atoms with Gasteiger partial charge in [-0.25, -0.2) is 9.78 Å². The van der Waals surface area contributed by atoms with Crippen LogP contribution in [0.15, 0.2) is 28.7 Å². The second-order valence-electron chi connectivity index (χ2n) is 3.38. The Bertz CT molecular complexity index is 563. The van der Waals surface area contributed by atoms with Crippen molar-refractivity contribution in [2.24, 2.45) is 0 Å². The van der Waals surface area contributed by atoms with Crippen molar-refractivity contribution in [3.63, 3.8) is 0 Å². The maximum absolute atomic E-state index is 11.5. The maximum Gasteiger partial charge on any atom is 0.360 e. The van der Waals surface area contributed by atoms with Gasteiger partial charge < -0.3 is 9.15 Å². The fourth-order valence-corrected chi connectivity index (χ4v) is 1.71. The second kappa shape index (κ2) is 4.59. The van der Waals surface area contributed by atoms with Crippen molar-refractivity contribution in [3.05, 3.63) is 40.9 Å². The number of carbonyl (C=O) groups excluding carboxylic acids is 1. The number of halogens is 1. The van der Waals surface area contributed by atoms with Crippen molar-refractivity contribution in [1.29, 1.82) is 0 Å². The molecule has 1 heterocycles. The molecule has 88 valence electrons. The molecular weight excluding hydrogens is 242 g/mol. The van der Waals surface area contributed by atoms with Crippen LogP contribution in [0.3, 0.4) is 0 Å². The van der Waals surface area contributed by atoms with Gasteiger partial charge in [0, 0.05) is 12.5 Å². The fourth-order valence-electron chi connectivity index (χ4n) is 1.49. The van der Waals surface area contributed by atoms with Crippen LogP contribution < -0.4 is 0 Å². The van der Waals surface area contributed by atoms with Gasteiger partial charge in [-0.3, -0.25) is 0 Å². The highest BCUT2D eigenvalue weighted by molar-refractivity contribution is 6.33. The summed E-state index contributed by atoms with van der Waals surface area (Å²) in [5.74, 6) is 0.178. The monoisotopic (exact) mass is 251 g/mol. The summed E-state index contributed by atoms with van der Waals surface area (Å²) in [6, 6.07) is 7.08. The van der Waals surface area contributed by atoms with Crippen molar-refractivity contribution in [2.45, 2.75) is 6.92 Å². The van der Waals surface area contributed by atoms with Crippen molar-refractivity contribution in [2.75, 3.05) is 7.11 Å². The Morgan fingerprint density at radius 3 is 2.76 bits per heavy atom. The third-order valence-electron chi connectivity index (χ3n) is 2.23. The number of nitrogens with zero attached hydrogens (tertiary/aromatic N) is 1. The van der Waals surface area contributed by atoms with E-state index in [-0.39, 0.29) is 5.69 Å². The van der Waals surface area contributed by atoms with Crippen molar-refractivity contribution >= 4 is 17.6 Å². The molecule has 2 rings (SSSR count). The lowest BCUT2D eigenvalue weighted by Gasteiger charge is -2.01. The minimum atomic E-state index is -0.545. The number of hydrogen-bond acceptors (Lipinski definition) is 4. The number of benzene rings is 1. The van der Waals surface area contributed by atoms with Crippen LogP contribution in [0, 0.1) is 6.92 Å². The Kier molecular flexibility index (Phi) is 3.15. The molecule has 2 aromatic rings. The molecule has 0 saturated carbocycles. The Labute approximate surface area is 103 Å². The molecule has 0 aliphatic heterocycles. The molecule has 5 heteroatoms. The molecule has 4 nitrogen and oxygen atoms in total. The van der Waals surface area contributed by atoms with Gasteiger partial charge in [0.1, 0.15) is 0 Å². The Morgan fingerprint density at radius 2 is 2.12 bits per heavy atom. The zero-order chi connectivity index (χ0) is 12.4. The van der Waals surface area contributed by atoms with Crippen LogP contribution in [-0.4, -0.2) is 18.1 Å². The topological polar surface area (TPSA) is 52.3 Å². The molecule has 0 saturated heterocycles. The van der Waals surface area contributed by atoms with Crippen LogP contribution in [0.2, 0.25) is 5.02 Å². The average molecular weight is 252 g/mol. The summed E-state index contributed by atoms with van der Waals surface area (Å²) < 4.78 is 10.1. The summed E-state index contributed by atoms with van der Waals surface area (Å²) in [5.41, 5.74) is 0.758. The number of aryl methyl sites for hydroxylation is 1.